The summed E-state index contributed by atoms with van der Waals surface area (Å²) in [6.07, 6.45) is 2.90. The van der Waals surface area contributed by atoms with Crippen molar-refractivity contribution in [1.82, 2.24) is 10.2 Å². The fourth-order valence-electron chi connectivity index (χ4n) is 5.30. The highest BCUT2D eigenvalue weighted by atomic mass is 35.5. The Morgan fingerprint density at radius 1 is 0.913 bits per heavy atom. The van der Waals surface area contributed by atoms with Gasteiger partial charge in [-0.2, -0.15) is 0 Å². The zero-order chi connectivity index (χ0) is 34.0. The second kappa shape index (κ2) is 16.5. The summed E-state index contributed by atoms with van der Waals surface area (Å²) in [5.74, 6) is -0.743. The van der Waals surface area contributed by atoms with Crippen molar-refractivity contribution < 1.29 is 24.2 Å². The van der Waals surface area contributed by atoms with Crippen LogP contribution in [-0.4, -0.2) is 46.1 Å². The number of carbonyl (C=O) groups excluding carboxylic acids is 3. The SMILES string of the molecule is CCCCCCN(C(=O)C(Cc1ccc(O)cc1)NC(=O)OC(C)(C)C)C(C(=O)Nc1c(C)cccc1Cl)c1cccc(C)c1C. The molecule has 0 fully saturated rings. The number of aryl methyl sites for hydroxylation is 2. The molecule has 0 saturated carbocycles. The Morgan fingerprint density at radius 2 is 1.57 bits per heavy atom. The second-order valence-electron chi connectivity index (χ2n) is 12.8. The minimum Gasteiger partial charge on any atom is -0.508 e. The summed E-state index contributed by atoms with van der Waals surface area (Å²) in [4.78, 5) is 43.9. The van der Waals surface area contributed by atoms with E-state index in [0.29, 0.717) is 22.7 Å². The number of nitrogens with zero attached hydrogens (tertiary/aromatic N) is 1. The molecule has 3 N–H and O–H groups in total. The van der Waals surface area contributed by atoms with Gasteiger partial charge in [0, 0.05) is 13.0 Å². The maximum absolute atomic E-state index is 14.8. The smallest absolute Gasteiger partial charge is 0.408 e. The summed E-state index contributed by atoms with van der Waals surface area (Å²) in [6.45, 7) is 13.4. The highest BCUT2D eigenvalue weighted by molar-refractivity contribution is 6.34. The first kappa shape index (κ1) is 36.4. The predicted molar refractivity (Wildman–Crippen MR) is 184 cm³/mol. The lowest BCUT2D eigenvalue weighted by atomic mass is 9.94. The van der Waals surface area contributed by atoms with E-state index in [1.54, 1.807) is 43.9 Å². The number of anilines is 1. The molecule has 0 aliphatic heterocycles. The van der Waals surface area contributed by atoms with Crippen molar-refractivity contribution in [3.8, 4) is 5.75 Å². The second-order valence-corrected chi connectivity index (χ2v) is 13.2. The van der Waals surface area contributed by atoms with E-state index >= 15 is 0 Å². The summed E-state index contributed by atoms with van der Waals surface area (Å²) < 4.78 is 5.55. The van der Waals surface area contributed by atoms with Gasteiger partial charge in [0.2, 0.25) is 5.91 Å². The zero-order valence-corrected chi connectivity index (χ0v) is 28.8. The molecular formula is C37H48ClN3O5. The van der Waals surface area contributed by atoms with Crippen molar-refractivity contribution in [3.05, 3.63) is 93.5 Å². The number of alkyl carbamates (subject to hydrolysis) is 1. The van der Waals surface area contributed by atoms with Crippen molar-refractivity contribution in [3.63, 3.8) is 0 Å². The van der Waals surface area contributed by atoms with Crippen LogP contribution in [-0.2, 0) is 20.7 Å². The molecule has 3 aromatic carbocycles. The van der Waals surface area contributed by atoms with Crippen LogP contribution in [0.25, 0.3) is 0 Å². The third kappa shape index (κ3) is 10.2. The van der Waals surface area contributed by atoms with Crippen LogP contribution < -0.4 is 10.6 Å². The van der Waals surface area contributed by atoms with E-state index in [4.69, 9.17) is 16.3 Å². The van der Waals surface area contributed by atoms with Gasteiger partial charge in [0.15, 0.2) is 0 Å². The lowest BCUT2D eigenvalue weighted by Gasteiger charge is -2.35. The van der Waals surface area contributed by atoms with Crippen LogP contribution in [0.2, 0.25) is 5.02 Å². The number of hydrogen-bond donors (Lipinski definition) is 3. The van der Waals surface area contributed by atoms with E-state index in [-0.39, 0.29) is 18.7 Å². The molecule has 0 bridgehead atoms. The van der Waals surface area contributed by atoms with E-state index in [2.05, 4.69) is 17.6 Å². The van der Waals surface area contributed by atoms with Crippen molar-refractivity contribution in [2.24, 2.45) is 0 Å². The van der Waals surface area contributed by atoms with E-state index in [1.165, 1.54) is 12.1 Å². The summed E-state index contributed by atoms with van der Waals surface area (Å²) in [5.41, 5.74) is 3.76. The number of hydrogen-bond acceptors (Lipinski definition) is 5. The molecule has 0 radical (unpaired) electrons. The van der Waals surface area contributed by atoms with Crippen LogP contribution in [0.3, 0.4) is 0 Å². The number of benzene rings is 3. The maximum Gasteiger partial charge on any atom is 0.408 e. The number of aromatic hydroxyl groups is 1. The number of carbonyl (C=O) groups is 3. The number of nitrogens with one attached hydrogen (secondary N) is 2. The number of amides is 3. The highest BCUT2D eigenvalue weighted by Gasteiger charge is 2.37. The topological polar surface area (TPSA) is 108 Å². The van der Waals surface area contributed by atoms with Crippen LogP contribution in [0.15, 0.2) is 60.7 Å². The molecule has 0 aliphatic carbocycles. The van der Waals surface area contributed by atoms with Gasteiger partial charge in [-0.15, -0.1) is 0 Å². The lowest BCUT2D eigenvalue weighted by molar-refractivity contribution is -0.140. The highest BCUT2D eigenvalue weighted by Crippen LogP contribution is 2.32. The van der Waals surface area contributed by atoms with Crippen LogP contribution in [0.1, 0.15) is 87.2 Å². The van der Waals surface area contributed by atoms with Crippen molar-refractivity contribution >= 4 is 35.2 Å². The molecule has 8 nitrogen and oxygen atoms in total. The molecule has 3 aromatic rings. The first-order valence-corrected chi connectivity index (χ1v) is 16.3. The van der Waals surface area contributed by atoms with Gasteiger partial charge in [-0.1, -0.05) is 80.3 Å². The quantitative estimate of drug-likeness (QED) is 0.162. The summed E-state index contributed by atoms with van der Waals surface area (Å²) in [7, 11) is 0. The summed E-state index contributed by atoms with van der Waals surface area (Å²) in [5, 5.41) is 16.1. The molecule has 248 valence electrons. The Hall–Kier alpha value is -4.04. The van der Waals surface area contributed by atoms with Gasteiger partial charge in [0.05, 0.1) is 10.7 Å². The van der Waals surface area contributed by atoms with Gasteiger partial charge in [-0.3, -0.25) is 9.59 Å². The molecule has 0 aromatic heterocycles. The Morgan fingerprint density at radius 3 is 2.20 bits per heavy atom. The van der Waals surface area contributed by atoms with Gasteiger partial charge in [0.25, 0.3) is 5.91 Å². The number of halogens is 1. The Bertz CT molecular complexity index is 1480. The molecule has 2 atom stereocenters. The molecule has 9 heteroatoms. The lowest BCUT2D eigenvalue weighted by Crippen LogP contribution is -2.53. The monoisotopic (exact) mass is 649 g/mol. The fourth-order valence-corrected chi connectivity index (χ4v) is 5.56. The van der Waals surface area contributed by atoms with Crippen molar-refractivity contribution in [2.75, 3.05) is 11.9 Å². The van der Waals surface area contributed by atoms with Crippen molar-refractivity contribution in [2.45, 2.75) is 98.3 Å². The largest absolute Gasteiger partial charge is 0.508 e. The van der Waals surface area contributed by atoms with Gasteiger partial charge < -0.3 is 25.4 Å². The van der Waals surface area contributed by atoms with Gasteiger partial charge in [-0.05, 0) is 94.0 Å². The molecule has 3 amide bonds. The molecule has 0 saturated heterocycles. The number of phenolic OH excluding ortho intramolecular Hbond substituents is 1. The average molecular weight is 650 g/mol. The Kier molecular flexibility index (Phi) is 13.1. The molecule has 0 spiro atoms. The van der Waals surface area contributed by atoms with Gasteiger partial charge in [0.1, 0.15) is 23.4 Å². The minimum absolute atomic E-state index is 0.0887. The third-order valence-electron chi connectivity index (χ3n) is 7.87. The van der Waals surface area contributed by atoms with E-state index < -0.39 is 35.6 Å². The van der Waals surface area contributed by atoms with Crippen LogP contribution >= 0.6 is 11.6 Å². The molecule has 2 unspecified atom stereocenters. The first-order valence-electron chi connectivity index (χ1n) is 15.9. The van der Waals surface area contributed by atoms with E-state index in [0.717, 1.165) is 41.5 Å². The number of ether oxygens (including phenoxy) is 1. The van der Waals surface area contributed by atoms with Gasteiger partial charge >= 0.3 is 6.09 Å². The van der Waals surface area contributed by atoms with E-state index in [1.807, 2.05) is 51.1 Å². The Balaban J connectivity index is 2.15. The van der Waals surface area contributed by atoms with Crippen molar-refractivity contribution in [1.29, 1.82) is 0 Å². The number of unbranched alkanes of at least 4 members (excludes halogenated alkanes) is 3. The molecule has 46 heavy (non-hydrogen) atoms. The fraction of sp³-hybridized carbons (Fsp3) is 0.432. The standard InChI is InChI=1S/C37H48ClN3O5/c1-8-9-10-11-22-41(35(44)31(39-36(45)46-37(5,6)7)23-27-18-20-28(42)21-19-27)33(29-16-12-14-24(2)26(29)4)34(43)40-32-25(3)15-13-17-30(32)38/h12-21,31,33,42H,8-11,22-23H2,1-7H3,(H,39,45)(H,40,43). The number of phenols is 1. The average Bonchev–Trinajstić information content (AvgIpc) is 2.98. The summed E-state index contributed by atoms with van der Waals surface area (Å²) in [6, 6.07) is 15.5. The normalized spacial score (nSPS) is 12.6. The predicted octanol–water partition coefficient (Wildman–Crippen LogP) is 8.20. The zero-order valence-electron chi connectivity index (χ0n) is 28.1. The maximum atomic E-state index is 14.8. The molecule has 3 rings (SSSR count). The number of rotatable bonds is 13. The molecule has 0 aliphatic rings. The van der Waals surface area contributed by atoms with Crippen LogP contribution in [0, 0.1) is 20.8 Å². The number of para-hydroxylation sites is 1. The molecular weight excluding hydrogens is 602 g/mol. The minimum atomic E-state index is -1.06. The van der Waals surface area contributed by atoms with Crippen LogP contribution in [0.5, 0.6) is 5.75 Å². The third-order valence-corrected chi connectivity index (χ3v) is 8.19. The first-order chi connectivity index (χ1) is 21.7. The van der Waals surface area contributed by atoms with E-state index in [9.17, 15) is 19.5 Å². The van der Waals surface area contributed by atoms with Crippen LogP contribution in [0.4, 0.5) is 10.5 Å². The molecule has 0 heterocycles. The summed E-state index contributed by atoms with van der Waals surface area (Å²) >= 11 is 6.53. The Labute approximate surface area is 278 Å². The van der Waals surface area contributed by atoms with Gasteiger partial charge in [-0.25, -0.2) is 4.79 Å².